The zero-order valence-corrected chi connectivity index (χ0v) is 12.0. The molecule has 0 aliphatic carbocycles. The molecule has 0 atom stereocenters. The number of primary amides is 1. The lowest BCUT2D eigenvalue weighted by molar-refractivity contribution is -0.119. The van der Waals surface area contributed by atoms with Gasteiger partial charge in [-0.25, -0.2) is 13.1 Å². The molecule has 0 saturated carbocycles. The van der Waals surface area contributed by atoms with Crippen LogP contribution in [0.2, 0.25) is 0 Å². The van der Waals surface area contributed by atoms with Gasteiger partial charge in [-0.15, -0.1) is 0 Å². The molecule has 6 nitrogen and oxygen atoms in total. The molecule has 1 aliphatic rings. The van der Waals surface area contributed by atoms with Gasteiger partial charge in [0.25, 0.3) is 0 Å². The second kappa shape index (κ2) is 6.34. The van der Waals surface area contributed by atoms with Crippen molar-refractivity contribution in [2.75, 3.05) is 19.6 Å². The number of likely N-dealkylation sites (tertiary alicyclic amines) is 1. The molecule has 0 unspecified atom stereocenters. The van der Waals surface area contributed by atoms with Gasteiger partial charge in [0.2, 0.25) is 15.9 Å². The van der Waals surface area contributed by atoms with Gasteiger partial charge in [-0.2, -0.15) is 0 Å². The van der Waals surface area contributed by atoms with Crippen LogP contribution >= 0.6 is 0 Å². The normalized spacial score (nSPS) is 18.0. The van der Waals surface area contributed by atoms with E-state index in [0.29, 0.717) is 25.9 Å². The van der Waals surface area contributed by atoms with Crippen LogP contribution in [0.5, 0.6) is 0 Å². The van der Waals surface area contributed by atoms with Crippen molar-refractivity contribution < 1.29 is 13.2 Å². The Morgan fingerprint density at radius 2 is 1.85 bits per heavy atom. The number of hydrogen-bond donors (Lipinski definition) is 2. The maximum Gasteiger partial charge on any atom is 0.240 e. The summed E-state index contributed by atoms with van der Waals surface area (Å²) in [6.45, 7) is 1.58. The predicted octanol–water partition coefficient (Wildman–Crippen LogP) is -0.0854. The second-order valence-electron chi connectivity index (χ2n) is 4.95. The van der Waals surface area contributed by atoms with E-state index >= 15 is 0 Å². The third-order valence-corrected chi connectivity index (χ3v) is 4.88. The minimum atomic E-state index is -3.46. The summed E-state index contributed by atoms with van der Waals surface area (Å²) in [7, 11) is -3.46. The molecule has 1 amide bonds. The van der Waals surface area contributed by atoms with Crippen LogP contribution in [0.4, 0.5) is 0 Å². The number of rotatable bonds is 5. The minimum Gasteiger partial charge on any atom is -0.369 e. The molecule has 1 fully saturated rings. The highest BCUT2D eigenvalue weighted by Crippen LogP contribution is 2.14. The van der Waals surface area contributed by atoms with E-state index in [4.69, 9.17) is 5.73 Å². The van der Waals surface area contributed by atoms with E-state index in [1.54, 1.807) is 30.3 Å². The van der Waals surface area contributed by atoms with Crippen molar-refractivity contribution >= 4 is 15.9 Å². The number of carbonyl (C=O) groups excluding carboxylic acids is 1. The van der Waals surface area contributed by atoms with Crippen LogP contribution < -0.4 is 10.5 Å². The monoisotopic (exact) mass is 297 g/mol. The molecule has 1 aliphatic heterocycles. The number of sulfonamides is 1. The van der Waals surface area contributed by atoms with Crippen LogP contribution in [0.1, 0.15) is 12.8 Å². The van der Waals surface area contributed by atoms with Crippen LogP contribution in [0.25, 0.3) is 0 Å². The lowest BCUT2D eigenvalue weighted by Gasteiger charge is -2.31. The summed E-state index contributed by atoms with van der Waals surface area (Å²) in [5.74, 6) is -0.353. The Kier molecular flexibility index (Phi) is 4.74. The first kappa shape index (κ1) is 15.0. The lowest BCUT2D eigenvalue weighted by atomic mass is 10.1. The Morgan fingerprint density at radius 1 is 1.25 bits per heavy atom. The SMILES string of the molecule is NC(=O)CN1CCC(NS(=O)(=O)c2ccccc2)CC1. The number of nitrogens with zero attached hydrogens (tertiary/aromatic N) is 1. The van der Waals surface area contributed by atoms with Gasteiger partial charge in [0.15, 0.2) is 0 Å². The molecular weight excluding hydrogens is 278 g/mol. The zero-order chi connectivity index (χ0) is 14.6. The third kappa shape index (κ3) is 4.03. The summed E-state index contributed by atoms with van der Waals surface area (Å²) in [5.41, 5.74) is 5.14. The lowest BCUT2D eigenvalue weighted by Crippen LogP contribution is -2.46. The first-order chi connectivity index (χ1) is 9.47. The predicted molar refractivity (Wildman–Crippen MR) is 75.4 cm³/mol. The van der Waals surface area contributed by atoms with Crippen molar-refractivity contribution in [3.8, 4) is 0 Å². The molecule has 1 saturated heterocycles. The number of nitrogens with two attached hydrogens (primary N) is 1. The summed E-state index contributed by atoms with van der Waals surface area (Å²) in [6, 6.07) is 8.23. The molecule has 0 bridgehead atoms. The van der Waals surface area contributed by atoms with Crippen LogP contribution in [0.3, 0.4) is 0 Å². The number of piperidine rings is 1. The molecule has 1 aromatic carbocycles. The molecule has 1 aromatic rings. The highest BCUT2D eigenvalue weighted by Gasteiger charge is 2.24. The van der Waals surface area contributed by atoms with E-state index in [1.807, 2.05) is 4.90 Å². The van der Waals surface area contributed by atoms with Gasteiger partial charge >= 0.3 is 0 Å². The molecule has 3 N–H and O–H groups in total. The second-order valence-corrected chi connectivity index (χ2v) is 6.67. The Balaban J connectivity index is 1.91. The standard InChI is InChI=1S/C13H19N3O3S/c14-13(17)10-16-8-6-11(7-9-16)15-20(18,19)12-4-2-1-3-5-12/h1-5,11,15H,6-10H2,(H2,14,17). The van der Waals surface area contributed by atoms with Crippen molar-refractivity contribution in [2.24, 2.45) is 5.73 Å². The van der Waals surface area contributed by atoms with Gasteiger partial charge in [0.05, 0.1) is 11.4 Å². The smallest absolute Gasteiger partial charge is 0.240 e. The Labute approximate surface area is 119 Å². The van der Waals surface area contributed by atoms with Crippen molar-refractivity contribution in [1.82, 2.24) is 9.62 Å². The van der Waals surface area contributed by atoms with Gasteiger partial charge in [0.1, 0.15) is 0 Å². The van der Waals surface area contributed by atoms with E-state index in [9.17, 15) is 13.2 Å². The van der Waals surface area contributed by atoms with Gasteiger partial charge in [0, 0.05) is 19.1 Å². The summed E-state index contributed by atoms with van der Waals surface area (Å²) >= 11 is 0. The maximum atomic E-state index is 12.2. The number of carbonyl (C=O) groups is 1. The summed E-state index contributed by atoms with van der Waals surface area (Å²) in [6.07, 6.45) is 1.36. The minimum absolute atomic E-state index is 0.0932. The highest BCUT2D eigenvalue weighted by atomic mass is 32.2. The van der Waals surface area contributed by atoms with E-state index in [2.05, 4.69) is 4.72 Å². The molecule has 7 heteroatoms. The first-order valence-electron chi connectivity index (χ1n) is 6.55. The van der Waals surface area contributed by atoms with Gasteiger partial charge in [-0.05, 0) is 25.0 Å². The summed E-state index contributed by atoms with van der Waals surface area (Å²) < 4.78 is 27.0. The average molecular weight is 297 g/mol. The molecule has 2 rings (SSSR count). The van der Waals surface area contributed by atoms with Crippen molar-refractivity contribution in [3.63, 3.8) is 0 Å². The Morgan fingerprint density at radius 3 is 2.40 bits per heavy atom. The topological polar surface area (TPSA) is 92.5 Å². The number of benzene rings is 1. The van der Waals surface area contributed by atoms with Crippen LogP contribution in [-0.4, -0.2) is 44.9 Å². The summed E-state index contributed by atoms with van der Waals surface area (Å²) in [4.78, 5) is 13.0. The first-order valence-corrected chi connectivity index (χ1v) is 8.04. The molecule has 0 aromatic heterocycles. The molecule has 0 radical (unpaired) electrons. The number of nitrogens with one attached hydrogen (secondary N) is 1. The van der Waals surface area contributed by atoms with Gasteiger partial charge in [-0.3, -0.25) is 9.69 Å². The number of hydrogen-bond acceptors (Lipinski definition) is 4. The molecule has 1 heterocycles. The third-order valence-electron chi connectivity index (χ3n) is 3.34. The average Bonchev–Trinajstić information content (AvgIpc) is 2.41. The van der Waals surface area contributed by atoms with Crippen LogP contribution in [0.15, 0.2) is 35.2 Å². The molecular formula is C13H19N3O3S. The highest BCUT2D eigenvalue weighted by molar-refractivity contribution is 7.89. The quantitative estimate of drug-likeness (QED) is 0.795. The fraction of sp³-hybridized carbons (Fsp3) is 0.462. The van der Waals surface area contributed by atoms with Crippen molar-refractivity contribution in [3.05, 3.63) is 30.3 Å². The maximum absolute atomic E-state index is 12.2. The van der Waals surface area contributed by atoms with E-state index in [1.165, 1.54) is 0 Å². The molecule has 110 valence electrons. The van der Waals surface area contributed by atoms with E-state index in [0.717, 1.165) is 0 Å². The van der Waals surface area contributed by atoms with Gasteiger partial charge < -0.3 is 5.73 Å². The zero-order valence-electron chi connectivity index (χ0n) is 11.2. The fourth-order valence-corrected chi connectivity index (χ4v) is 3.64. The fourth-order valence-electron chi connectivity index (χ4n) is 2.32. The Hall–Kier alpha value is -1.44. The summed E-state index contributed by atoms with van der Waals surface area (Å²) in [5, 5.41) is 0. The van der Waals surface area contributed by atoms with E-state index in [-0.39, 0.29) is 23.4 Å². The van der Waals surface area contributed by atoms with Crippen molar-refractivity contribution in [2.45, 2.75) is 23.8 Å². The van der Waals surface area contributed by atoms with Crippen LogP contribution in [0, 0.1) is 0 Å². The Bertz CT molecular complexity index is 551. The number of amides is 1. The van der Waals surface area contributed by atoms with Crippen LogP contribution in [-0.2, 0) is 14.8 Å². The molecule has 20 heavy (non-hydrogen) atoms. The van der Waals surface area contributed by atoms with Gasteiger partial charge in [-0.1, -0.05) is 18.2 Å². The largest absolute Gasteiger partial charge is 0.369 e. The van der Waals surface area contributed by atoms with E-state index < -0.39 is 10.0 Å². The molecule has 0 spiro atoms. The van der Waals surface area contributed by atoms with Crippen molar-refractivity contribution in [1.29, 1.82) is 0 Å².